The monoisotopic (exact) mass is 396 g/mol. The number of nitrogens with zero attached hydrogens (tertiary/aromatic N) is 2. The number of amides is 2. The van der Waals surface area contributed by atoms with E-state index in [1.165, 1.54) is 46.0 Å². The van der Waals surface area contributed by atoms with Crippen LogP contribution in [0.4, 0.5) is 0 Å². The summed E-state index contributed by atoms with van der Waals surface area (Å²) in [4.78, 5) is 22.9. The normalized spacial score (nSPS) is 12.0. The Balaban J connectivity index is 1.82. The molecule has 1 atom stereocenters. The molecule has 25 heavy (non-hydrogen) atoms. The maximum Gasteiger partial charge on any atom is 0.230 e. The second-order valence-electron chi connectivity index (χ2n) is 5.51. The molecule has 2 aromatic rings. The molecule has 0 saturated heterocycles. The third-order valence-electron chi connectivity index (χ3n) is 3.46. The Kier molecular flexibility index (Phi) is 7.27. The average Bonchev–Trinajstić information content (AvgIpc) is 3.01. The van der Waals surface area contributed by atoms with Crippen molar-refractivity contribution in [2.75, 3.05) is 11.5 Å². The van der Waals surface area contributed by atoms with Gasteiger partial charge in [0.15, 0.2) is 8.68 Å². The summed E-state index contributed by atoms with van der Waals surface area (Å²) >= 11 is 3.93. The van der Waals surface area contributed by atoms with Crippen LogP contribution in [-0.2, 0) is 9.59 Å². The molecule has 0 fully saturated rings. The quantitative estimate of drug-likeness (QED) is 0.666. The van der Waals surface area contributed by atoms with Crippen LogP contribution in [0, 0.1) is 13.8 Å². The lowest BCUT2D eigenvalue weighted by atomic mass is 10.0. The van der Waals surface area contributed by atoms with E-state index in [2.05, 4.69) is 41.5 Å². The van der Waals surface area contributed by atoms with Crippen molar-refractivity contribution in [2.24, 2.45) is 5.73 Å². The van der Waals surface area contributed by atoms with E-state index in [0.29, 0.717) is 8.68 Å². The van der Waals surface area contributed by atoms with Gasteiger partial charge in [0.1, 0.15) is 0 Å². The number of thioether (sulfide) groups is 2. The van der Waals surface area contributed by atoms with Crippen molar-refractivity contribution in [1.82, 2.24) is 15.5 Å². The van der Waals surface area contributed by atoms with Crippen LogP contribution in [0.1, 0.15) is 29.7 Å². The van der Waals surface area contributed by atoms with E-state index in [-0.39, 0.29) is 23.5 Å². The van der Waals surface area contributed by atoms with Crippen LogP contribution in [0.3, 0.4) is 0 Å². The van der Waals surface area contributed by atoms with Crippen LogP contribution in [0.15, 0.2) is 26.9 Å². The second kappa shape index (κ2) is 9.21. The fourth-order valence-electron chi connectivity index (χ4n) is 1.97. The lowest BCUT2D eigenvalue weighted by molar-refractivity contribution is -0.119. The Bertz CT molecular complexity index is 764. The van der Waals surface area contributed by atoms with Crippen LogP contribution in [0.5, 0.6) is 0 Å². The predicted molar refractivity (Wildman–Crippen MR) is 103 cm³/mol. The van der Waals surface area contributed by atoms with E-state index < -0.39 is 5.91 Å². The fourth-order valence-corrected chi connectivity index (χ4v) is 4.54. The van der Waals surface area contributed by atoms with E-state index in [1.54, 1.807) is 0 Å². The summed E-state index contributed by atoms with van der Waals surface area (Å²) in [6.45, 7) is 6.10. The average molecular weight is 397 g/mol. The van der Waals surface area contributed by atoms with Crippen LogP contribution in [-0.4, -0.2) is 33.5 Å². The van der Waals surface area contributed by atoms with Gasteiger partial charge < -0.3 is 11.1 Å². The van der Waals surface area contributed by atoms with Crippen molar-refractivity contribution in [2.45, 2.75) is 35.5 Å². The highest BCUT2D eigenvalue weighted by atomic mass is 32.2. The van der Waals surface area contributed by atoms with Crippen molar-refractivity contribution >= 4 is 46.7 Å². The minimum Gasteiger partial charge on any atom is -0.369 e. The minimum absolute atomic E-state index is 0.0523. The third kappa shape index (κ3) is 6.33. The summed E-state index contributed by atoms with van der Waals surface area (Å²) in [5.74, 6) is -0.0104. The molecule has 1 aromatic carbocycles. The van der Waals surface area contributed by atoms with Gasteiger partial charge in [-0.15, -0.1) is 10.2 Å². The van der Waals surface area contributed by atoms with Crippen molar-refractivity contribution in [3.63, 3.8) is 0 Å². The molecule has 2 rings (SSSR count). The van der Waals surface area contributed by atoms with Gasteiger partial charge in [0.25, 0.3) is 0 Å². The van der Waals surface area contributed by atoms with Crippen LogP contribution >= 0.6 is 34.9 Å². The van der Waals surface area contributed by atoms with Gasteiger partial charge in [-0.2, -0.15) is 0 Å². The maximum absolute atomic E-state index is 12.1. The van der Waals surface area contributed by atoms with E-state index in [0.717, 1.165) is 5.56 Å². The van der Waals surface area contributed by atoms with Crippen molar-refractivity contribution in [3.8, 4) is 0 Å². The number of aryl methyl sites for hydroxylation is 2. The second-order valence-corrected chi connectivity index (χ2v) is 8.93. The fraction of sp³-hybridized carbons (Fsp3) is 0.375. The van der Waals surface area contributed by atoms with E-state index in [4.69, 9.17) is 5.73 Å². The first-order chi connectivity index (χ1) is 11.8. The molecule has 134 valence electrons. The molecule has 1 aromatic heterocycles. The van der Waals surface area contributed by atoms with E-state index >= 15 is 0 Å². The summed E-state index contributed by atoms with van der Waals surface area (Å²) in [5.41, 5.74) is 8.63. The SMILES string of the molecule is Cc1ccc([C@@H](C)NC(=O)CSc2nnc(SCC(N)=O)s2)cc1C. The summed E-state index contributed by atoms with van der Waals surface area (Å²) in [7, 11) is 0. The van der Waals surface area contributed by atoms with Crippen molar-refractivity contribution in [3.05, 3.63) is 34.9 Å². The van der Waals surface area contributed by atoms with Crippen molar-refractivity contribution in [1.29, 1.82) is 0 Å². The van der Waals surface area contributed by atoms with Crippen molar-refractivity contribution < 1.29 is 9.59 Å². The van der Waals surface area contributed by atoms with Crippen LogP contribution in [0.25, 0.3) is 0 Å². The standard InChI is InChI=1S/C16H20N4O2S3/c1-9-4-5-12(6-10(9)2)11(3)18-14(22)8-24-16-20-19-15(25-16)23-7-13(17)21/h4-6,11H,7-8H2,1-3H3,(H2,17,21)(H,18,22)/t11-/m1/s1. The summed E-state index contributed by atoms with van der Waals surface area (Å²) in [5, 5.41) is 11.0. The molecule has 0 aliphatic rings. The number of hydrogen-bond donors (Lipinski definition) is 2. The highest BCUT2D eigenvalue weighted by Gasteiger charge is 2.13. The molecule has 9 heteroatoms. The molecule has 0 aliphatic carbocycles. The van der Waals surface area contributed by atoms with Gasteiger partial charge in [-0.25, -0.2) is 0 Å². The molecule has 6 nitrogen and oxygen atoms in total. The Labute approximate surface area is 159 Å². The van der Waals surface area contributed by atoms with E-state index in [1.807, 2.05) is 13.0 Å². The molecule has 3 N–H and O–H groups in total. The molecular weight excluding hydrogens is 376 g/mol. The van der Waals surface area contributed by atoms with Crippen LogP contribution in [0.2, 0.25) is 0 Å². The molecule has 0 radical (unpaired) electrons. The first-order valence-corrected chi connectivity index (χ1v) is 10.4. The topological polar surface area (TPSA) is 98.0 Å². The van der Waals surface area contributed by atoms with E-state index in [9.17, 15) is 9.59 Å². The number of carbonyl (C=O) groups is 2. The van der Waals surface area contributed by atoms with Gasteiger partial charge in [0.2, 0.25) is 11.8 Å². The maximum atomic E-state index is 12.1. The van der Waals surface area contributed by atoms with Gasteiger partial charge in [0, 0.05) is 0 Å². The number of rotatable bonds is 8. The molecule has 0 aliphatic heterocycles. The zero-order chi connectivity index (χ0) is 18.4. The minimum atomic E-state index is -0.394. The Morgan fingerprint density at radius 1 is 1.16 bits per heavy atom. The van der Waals surface area contributed by atoms with Gasteiger partial charge in [-0.3, -0.25) is 9.59 Å². The molecule has 1 heterocycles. The number of carbonyl (C=O) groups excluding carboxylic acids is 2. The smallest absolute Gasteiger partial charge is 0.230 e. The number of nitrogens with one attached hydrogen (secondary N) is 1. The first kappa shape index (κ1) is 19.7. The zero-order valence-electron chi connectivity index (χ0n) is 14.2. The number of hydrogen-bond acceptors (Lipinski definition) is 7. The van der Waals surface area contributed by atoms with Crippen LogP contribution < -0.4 is 11.1 Å². The highest BCUT2D eigenvalue weighted by Crippen LogP contribution is 2.28. The summed E-state index contributed by atoms with van der Waals surface area (Å²) in [6.07, 6.45) is 0. The largest absolute Gasteiger partial charge is 0.369 e. The molecule has 0 unspecified atom stereocenters. The molecule has 0 saturated carbocycles. The summed E-state index contributed by atoms with van der Waals surface area (Å²) in [6, 6.07) is 6.14. The molecule has 0 spiro atoms. The molecule has 0 bridgehead atoms. The zero-order valence-corrected chi connectivity index (χ0v) is 16.7. The Hall–Kier alpha value is -1.58. The van der Waals surface area contributed by atoms with Gasteiger partial charge in [-0.1, -0.05) is 53.1 Å². The van der Waals surface area contributed by atoms with Gasteiger partial charge in [0.05, 0.1) is 17.5 Å². The molecule has 2 amide bonds. The number of benzene rings is 1. The third-order valence-corrected chi connectivity index (χ3v) is 6.67. The number of nitrogens with two attached hydrogens (primary N) is 1. The lowest BCUT2D eigenvalue weighted by Crippen LogP contribution is -2.28. The predicted octanol–water partition coefficient (Wildman–Crippen LogP) is 2.70. The Morgan fingerprint density at radius 3 is 2.40 bits per heavy atom. The summed E-state index contributed by atoms with van der Waals surface area (Å²) < 4.78 is 1.37. The number of aromatic nitrogens is 2. The lowest BCUT2D eigenvalue weighted by Gasteiger charge is -2.15. The number of primary amides is 1. The van der Waals surface area contributed by atoms with Gasteiger partial charge >= 0.3 is 0 Å². The highest BCUT2D eigenvalue weighted by molar-refractivity contribution is 8.03. The Morgan fingerprint density at radius 2 is 1.80 bits per heavy atom. The van der Waals surface area contributed by atoms with Gasteiger partial charge in [-0.05, 0) is 37.5 Å². The molecular formula is C16H20N4O2S3. The first-order valence-electron chi connectivity index (χ1n) is 7.59.